The van der Waals surface area contributed by atoms with Crippen LogP contribution in [0.25, 0.3) is 0 Å². The van der Waals surface area contributed by atoms with Crippen molar-refractivity contribution in [3.63, 3.8) is 0 Å². The van der Waals surface area contributed by atoms with Gasteiger partial charge in [-0.05, 0) is 38.0 Å². The van der Waals surface area contributed by atoms with Crippen molar-refractivity contribution in [2.45, 2.75) is 65.2 Å². The van der Waals surface area contributed by atoms with Crippen LogP contribution in [0.2, 0.25) is 0 Å². The van der Waals surface area contributed by atoms with E-state index in [2.05, 4.69) is 31.0 Å². The van der Waals surface area contributed by atoms with Gasteiger partial charge in [-0.3, -0.25) is 10.1 Å². The first kappa shape index (κ1) is 11.9. The van der Waals surface area contributed by atoms with Crippen LogP contribution in [-0.4, -0.2) is 29.1 Å². The molecule has 0 aromatic carbocycles. The highest BCUT2D eigenvalue weighted by atomic mass is 16.2. The van der Waals surface area contributed by atoms with E-state index in [0.717, 1.165) is 5.92 Å². The summed E-state index contributed by atoms with van der Waals surface area (Å²) in [5.74, 6) is 1.57. The maximum Gasteiger partial charge on any atom is 0.240 e. The first-order chi connectivity index (χ1) is 7.50. The van der Waals surface area contributed by atoms with Crippen molar-refractivity contribution in [2.75, 3.05) is 0 Å². The fourth-order valence-electron chi connectivity index (χ4n) is 3.12. The van der Waals surface area contributed by atoms with Crippen LogP contribution < -0.4 is 5.32 Å². The third-order valence-electron chi connectivity index (χ3n) is 4.04. The second kappa shape index (κ2) is 4.36. The van der Waals surface area contributed by atoms with Crippen LogP contribution in [0.1, 0.15) is 47.0 Å². The van der Waals surface area contributed by atoms with E-state index < -0.39 is 0 Å². The van der Waals surface area contributed by atoms with Crippen molar-refractivity contribution in [2.24, 2.45) is 11.8 Å². The Morgan fingerprint density at radius 2 is 2.00 bits per heavy atom. The van der Waals surface area contributed by atoms with E-state index in [0.29, 0.717) is 17.9 Å². The van der Waals surface area contributed by atoms with E-state index in [9.17, 15) is 4.79 Å². The molecular weight excluding hydrogens is 200 g/mol. The molecule has 1 saturated carbocycles. The molecule has 3 heteroatoms. The lowest BCUT2D eigenvalue weighted by molar-refractivity contribution is -0.132. The zero-order chi connectivity index (χ0) is 11.9. The van der Waals surface area contributed by atoms with Gasteiger partial charge in [-0.25, -0.2) is 0 Å². The standard InChI is InChI=1S/C13H24N2O/c1-8(2)12-14-10(4)13(16)15(12)11-6-5-9(3)7-11/h8-12,14H,5-7H2,1-4H3. The lowest BCUT2D eigenvalue weighted by Crippen LogP contribution is -2.46. The lowest BCUT2D eigenvalue weighted by Gasteiger charge is -2.32. The summed E-state index contributed by atoms with van der Waals surface area (Å²) in [7, 11) is 0. The second-order valence-electron chi connectivity index (χ2n) is 5.89. The average molecular weight is 224 g/mol. The number of nitrogens with zero attached hydrogens (tertiary/aromatic N) is 1. The van der Waals surface area contributed by atoms with Gasteiger partial charge in [0, 0.05) is 6.04 Å². The van der Waals surface area contributed by atoms with Gasteiger partial charge in [-0.15, -0.1) is 0 Å². The van der Waals surface area contributed by atoms with Crippen LogP contribution in [0.15, 0.2) is 0 Å². The Bertz CT molecular complexity index is 277. The third kappa shape index (κ3) is 1.97. The Labute approximate surface area is 98.6 Å². The predicted molar refractivity (Wildman–Crippen MR) is 64.9 cm³/mol. The Hall–Kier alpha value is -0.570. The van der Waals surface area contributed by atoms with Crippen molar-refractivity contribution in [1.29, 1.82) is 0 Å². The number of rotatable bonds is 2. The largest absolute Gasteiger partial charge is 0.323 e. The zero-order valence-electron chi connectivity index (χ0n) is 10.9. The van der Waals surface area contributed by atoms with Crippen LogP contribution in [0, 0.1) is 11.8 Å². The van der Waals surface area contributed by atoms with Crippen LogP contribution in [0.4, 0.5) is 0 Å². The van der Waals surface area contributed by atoms with Crippen LogP contribution in [0.5, 0.6) is 0 Å². The summed E-state index contributed by atoms with van der Waals surface area (Å²) in [6.07, 6.45) is 3.89. The molecule has 0 bridgehead atoms. The van der Waals surface area contributed by atoms with Gasteiger partial charge >= 0.3 is 0 Å². The van der Waals surface area contributed by atoms with Crippen LogP contribution in [-0.2, 0) is 4.79 Å². The van der Waals surface area contributed by atoms with Gasteiger partial charge < -0.3 is 4.90 Å². The van der Waals surface area contributed by atoms with Crippen molar-refractivity contribution in [1.82, 2.24) is 10.2 Å². The average Bonchev–Trinajstić information content (AvgIpc) is 2.73. The normalized spacial score (nSPS) is 40.1. The molecule has 2 aliphatic rings. The van der Waals surface area contributed by atoms with Gasteiger partial charge in [0.1, 0.15) is 0 Å². The molecule has 4 atom stereocenters. The minimum Gasteiger partial charge on any atom is -0.323 e. The van der Waals surface area contributed by atoms with Crippen LogP contribution in [0.3, 0.4) is 0 Å². The van der Waals surface area contributed by atoms with Gasteiger partial charge in [-0.1, -0.05) is 20.8 Å². The Kier molecular flexibility index (Phi) is 3.24. The molecule has 0 aromatic heterocycles. The molecule has 2 fully saturated rings. The highest BCUT2D eigenvalue weighted by Gasteiger charge is 2.43. The molecule has 0 spiro atoms. The minimum atomic E-state index is 0.00306. The van der Waals surface area contributed by atoms with E-state index in [1.165, 1.54) is 19.3 Å². The number of nitrogens with one attached hydrogen (secondary N) is 1. The molecule has 1 aliphatic heterocycles. The van der Waals surface area contributed by atoms with Gasteiger partial charge in [-0.2, -0.15) is 0 Å². The molecule has 0 aromatic rings. The summed E-state index contributed by atoms with van der Waals surface area (Å²) >= 11 is 0. The fourth-order valence-corrected chi connectivity index (χ4v) is 3.12. The molecule has 92 valence electrons. The Morgan fingerprint density at radius 1 is 1.31 bits per heavy atom. The van der Waals surface area contributed by atoms with Crippen LogP contribution >= 0.6 is 0 Å². The number of carbonyl (C=O) groups is 1. The summed E-state index contributed by atoms with van der Waals surface area (Å²) in [5.41, 5.74) is 0. The number of hydrogen-bond donors (Lipinski definition) is 1. The number of amides is 1. The molecule has 2 rings (SSSR count). The summed E-state index contributed by atoms with van der Waals surface area (Å²) in [6, 6.07) is 0.482. The Morgan fingerprint density at radius 3 is 2.50 bits per heavy atom. The van der Waals surface area contributed by atoms with Gasteiger partial charge in [0.2, 0.25) is 5.91 Å². The first-order valence-electron chi connectivity index (χ1n) is 6.59. The van der Waals surface area contributed by atoms with E-state index in [1.807, 2.05) is 6.92 Å². The molecule has 4 unspecified atom stereocenters. The molecular formula is C13H24N2O. The molecule has 1 aliphatic carbocycles. The zero-order valence-corrected chi connectivity index (χ0v) is 10.9. The molecule has 1 amide bonds. The van der Waals surface area contributed by atoms with E-state index in [1.54, 1.807) is 0 Å². The van der Waals surface area contributed by atoms with E-state index in [4.69, 9.17) is 0 Å². The quantitative estimate of drug-likeness (QED) is 0.778. The highest BCUT2D eigenvalue weighted by molar-refractivity contribution is 5.84. The minimum absolute atomic E-state index is 0.00306. The summed E-state index contributed by atoms with van der Waals surface area (Å²) in [6.45, 7) is 8.65. The topological polar surface area (TPSA) is 32.3 Å². The summed E-state index contributed by atoms with van der Waals surface area (Å²) < 4.78 is 0. The highest BCUT2D eigenvalue weighted by Crippen LogP contribution is 2.33. The van der Waals surface area contributed by atoms with Crippen molar-refractivity contribution in [3.05, 3.63) is 0 Å². The maximum atomic E-state index is 12.2. The Balaban J connectivity index is 2.13. The fraction of sp³-hybridized carbons (Fsp3) is 0.923. The van der Waals surface area contributed by atoms with Gasteiger partial charge in [0.15, 0.2) is 0 Å². The third-order valence-corrected chi connectivity index (χ3v) is 4.04. The molecule has 16 heavy (non-hydrogen) atoms. The van der Waals surface area contributed by atoms with Crippen molar-refractivity contribution < 1.29 is 4.79 Å². The van der Waals surface area contributed by atoms with Crippen molar-refractivity contribution in [3.8, 4) is 0 Å². The molecule has 3 nitrogen and oxygen atoms in total. The SMILES string of the molecule is CC1CCC(N2C(=O)C(C)NC2C(C)C)C1. The number of hydrogen-bond acceptors (Lipinski definition) is 2. The van der Waals surface area contributed by atoms with Gasteiger partial charge in [0.25, 0.3) is 0 Å². The first-order valence-corrected chi connectivity index (χ1v) is 6.59. The van der Waals surface area contributed by atoms with Crippen molar-refractivity contribution >= 4 is 5.91 Å². The smallest absolute Gasteiger partial charge is 0.240 e. The van der Waals surface area contributed by atoms with E-state index >= 15 is 0 Å². The summed E-state index contributed by atoms with van der Waals surface area (Å²) in [5, 5.41) is 3.42. The second-order valence-corrected chi connectivity index (χ2v) is 5.89. The molecule has 0 radical (unpaired) electrons. The molecule has 1 heterocycles. The summed E-state index contributed by atoms with van der Waals surface area (Å²) in [4.78, 5) is 14.3. The predicted octanol–water partition coefficient (Wildman–Crippen LogP) is 1.98. The monoisotopic (exact) mass is 224 g/mol. The molecule has 1 saturated heterocycles. The van der Waals surface area contributed by atoms with E-state index in [-0.39, 0.29) is 12.2 Å². The maximum absolute atomic E-state index is 12.2. The number of carbonyl (C=O) groups excluding carboxylic acids is 1. The lowest BCUT2D eigenvalue weighted by atomic mass is 10.1. The molecule has 1 N–H and O–H groups in total. The van der Waals surface area contributed by atoms with Gasteiger partial charge in [0.05, 0.1) is 12.2 Å².